The van der Waals surface area contributed by atoms with Gasteiger partial charge in [0.05, 0.1) is 0 Å². The van der Waals surface area contributed by atoms with Gasteiger partial charge >= 0.3 is 0 Å². The number of Topliss-reactive ketones (excluding diaryl/α,β-unsaturated/α-hetero) is 2. The highest BCUT2D eigenvalue weighted by Crippen LogP contribution is 2.27. The lowest BCUT2D eigenvalue weighted by molar-refractivity contribution is -0.185. The molecule has 0 bridgehead atoms. The Morgan fingerprint density at radius 1 is 0.933 bits per heavy atom. The van der Waals surface area contributed by atoms with Crippen molar-refractivity contribution in [2.75, 3.05) is 0 Å². The fourth-order valence-corrected chi connectivity index (χ4v) is 3.50. The van der Waals surface area contributed by atoms with Crippen LogP contribution in [0.3, 0.4) is 0 Å². The van der Waals surface area contributed by atoms with E-state index in [2.05, 4.69) is 0 Å². The van der Waals surface area contributed by atoms with Crippen LogP contribution in [0.2, 0.25) is 0 Å². The van der Waals surface area contributed by atoms with Crippen molar-refractivity contribution in [3.05, 3.63) is 70.8 Å². The van der Waals surface area contributed by atoms with E-state index in [4.69, 9.17) is 0 Å². The summed E-state index contributed by atoms with van der Waals surface area (Å²) in [6.07, 6.45) is -3.97. The van der Waals surface area contributed by atoms with Crippen molar-refractivity contribution in [1.29, 1.82) is 0 Å². The van der Waals surface area contributed by atoms with Crippen LogP contribution < -0.4 is 0 Å². The molecule has 0 fully saturated rings. The van der Waals surface area contributed by atoms with Crippen molar-refractivity contribution < 1.29 is 30.0 Å². The van der Waals surface area contributed by atoms with Crippen LogP contribution in [-0.4, -0.2) is 55.4 Å². The second kappa shape index (κ2) is 9.18. The van der Waals surface area contributed by atoms with Crippen LogP contribution >= 0.6 is 0 Å². The molecular formula is C24H30O6. The second-order valence-corrected chi connectivity index (χ2v) is 8.30. The summed E-state index contributed by atoms with van der Waals surface area (Å²) in [6, 6.07) is 14.2. The molecule has 2 rings (SSSR count). The first-order valence-corrected chi connectivity index (χ1v) is 9.86. The maximum absolute atomic E-state index is 12.7. The van der Waals surface area contributed by atoms with Crippen molar-refractivity contribution in [3.63, 3.8) is 0 Å². The van der Waals surface area contributed by atoms with E-state index in [0.29, 0.717) is 11.1 Å². The Balaban J connectivity index is 2.16. The number of aryl methyl sites for hydroxylation is 2. The van der Waals surface area contributed by atoms with E-state index >= 15 is 0 Å². The van der Waals surface area contributed by atoms with E-state index in [9.17, 15) is 30.0 Å². The number of carbonyl (C=O) groups excluding carboxylic acids is 2. The van der Waals surface area contributed by atoms with Gasteiger partial charge in [-0.1, -0.05) is 54.1 Å². The number of carbonyl (C=O) groups is 2. The third-order valence-electron chi connectivity index (χ3n) is 5.55. The van der Waals surface area contributed by atoms with E-state index in [1.165, 1.54) is 0 Å². The molecule has 0 radical (unpaired) electrons. The van der Waals surface area contributed by atoms with Gasteiger partial charge in [0, 0.05) is 12.8 Å². The van der Waals surface area contributed by atoms with Gasteiger partial charge < -0.3 is 20.4 Å². The first kappa shape index (κ1) is 23.9. The summed E-state index contributed by atoms with van der Waals surface area (Å²) in [5.41, 5.74) is -1.71. The minimum absolute atomic E-state index is 0.0683. The monoisotopic (exact) mass is 414 g/mol. The van der Waals surface area contributed by atoms with Crippen molar-refractivity contribution >= 4 is 11.6 Å². The highest BCUT2D eigenvalue weighted by molar-refractivity contribution is 5.95. The topological polar surface area (TPSA) is 115 Å². The minimum atomic E-state index is -2.53. The average Bonchev–Trinajstić information content (AvgIpc) is 2.69. The highest BCUT2D eigenvalue weighted by atomic mass is 16.4. The van der Waals surface area contributed by atoms with Gasteiger partial charge in [-0.2, -0.15) is 0 Å². The van der Waals surface area contributed by atoms with E-state index in [1.54, 1.807) is 36.4 Å². The van der Waals surface area contributed by atoms with Crippen LogP contribution in [0.1, 0.15) is 36.1 Å². The molecule has 6 heteroatoms. The molecule has 0 aliphatic carbocycles. The summed E-state index contributed by atoms with van der Waals surface area (Å²) >= 11 is 0. The van der Waals surface area contributed by atoms with Crippen LogP contribution in [0.5, 0.6) is 0 Å². The zero-order valence-electron chi connectivity index (χ0n) is 17.8. The Morgan fingerprint density at radius 3 is 2.10 bits per heavy atom. The molecule has 0 amide bonds. The molecule has 162 valence electrons. The van der Waals surface area contributed by atoms with Gasteiger partial charge in [-0.15, -0.1) is 0 Å². The normalized spacial score (nSPS) is 17.5. The van der Waals surface area contributed by atoms with Crippen LogP contribution in [-0.2, 0) is 22.4 Å². The third kappa shape index (κ3) is 5.21. The second-order valence-electron chi connectivity index (χ2n) is 8.30. The molecule has 2 aromatic rings. The lowest BCUT2D eigenvalue weighted by Gasteiger charge is -2.37. The van der Waals surface area contributed by atoms with Gasteiger partial charge in [0.1, 0.15) is 17.8 Å². The maximum atomic E-state index is 12.7. The van der Waals surface area contributed by atoms with Gasteiger partial charge in [-0.25, -0.2) is 0 Å². The number of benzene rings is 2. The molecule has 0 saturated heterocycles. The Labute approximate surface area is 176 Å². The summed E-state index contributed by atoms with van der Waals surface area (Å²) in [6.45, 7) is 5.81. The number of hydrogen-bond acceptors (Lipinski definition) is 6. The maximum Gasteiger partial charge on any atom is 0.195 e. The molecule has 0 saturated carbocycles. The van der Waals surface area contributed by atoms with Gasteiger partial charge in [-0.3, -0.25) is 9.59 Å². The van der Waals surface area contributed by atoms with Gasteiger partial charge in [0.2, 0.25) is 0 Å². The fraction of sp³-hybridized carbons (Fsp3) is 0.417. The number of ketones is 2. The first-order chi connectivity index (χ1) is 13.9. The van der Waals surface area contributed by atoms with Crippen LogP contribution in [0.25, 0.3) is 0 Å². The smallest absolute Gasteiger partial charge is 0.195 e. The summed E-state index contributed by atoms with van der Waals surface area (Å²) in [5, 5.41) is 42.3. The first-order valence-electron chi connectivity index (χ1n) is 9.86. The molecule has 2 aromatic carbocycles. The molecule has 6 nitrogen and oxygen atoms in total. The largest absolute Gasteiger partial charge is 0.386 e. The Kier molecular flexibility index (Phi) is 7.31. The van der Waals surface area contributed by atoms with Gasteiger partial charge in [0.15, 0.2) is 17.2 Å². The highest BCUT2D eigenvalue weighted by Gasteiger charge is 2.52. The van der Waals surface area contributed by atoms with E-state index in [0.717, 1.165) is 25.0 Å². The molecule has 0 aromatic heterocycles. The van der Waals surface area contributed by atoms with Crippen molar-refractivity contribution in [2.45, 2.75) is 63.9 Å². The quantitative estimate of drug-likeness (QED) is 0.494. The number of aliphatic hydroxyl groups excluding tert-OH is 2. The number of aliphatic hydroxyl groups is 4. The van der Waals surface area contributed by atoms with Gasteiger partial charge in [0.25, 0.3) is 0 Å². The average molecular weight is 414 g/mol. The van der Waals surface area contributed by atoms with E-state index < -0.39 is 35.0 Å². The predicted octanol–water partition coefficient (Wildman–Crippen LogP) is 1.45. The predicted molar refractivity (Wildman–Crippen MR) is 113 cm³/mol. The lowest BCUT2D eigenvalue weighted by atomic mass is 9.77. The molecule has 4 N–H and O–H groups in total. The van der Waals surface area contributed by atoms with E-state index in [-0.39, 0.29) is 12.8 Å². The summed E-state index contributed by atoms with van der Waals surface area (Å²) in [5.74, 6) is -1.81. The SMILES string of the molecule is Cc1ccc(CC(=O)[C@](C)(O)[C@@H](O)[C@](C)(O)C(=O)C(O)Cc2ccccc2)c(C)c1. The molecule has 30 heavy (non-hydrogen) atoms. The molecule has 0 aliphatic rings. The molecule has 0 heterocycles. The summed E-state index contributed by atoms with van der Waals surface area (Å²) in [4.78, 5) is 25.4. The summed E-state index contributed by atoms with van der Waals surface area (Å²) in [7, 11) is 0. The lowest BCUT2D eigenvalue weighted by Crippen LogP contribution is -2.63. The molecule has 0 aliphatic heterocycles. The van der Waals surface area contributed by atoms with Crippen LogP contribution in [0.15, 0.2) is 48.5 Å². The standard InChI is InChI=1S/C24H30O6/c1-15-10-11-18(16(2)12-15)14-20(26)23(3,29)22(28)24(4,30)21(27)19(25)13-17-8-6-5-7-9-17/h5-12,19,22,25,28-30H,13-14H2,1-4H3/t19?,22-,23+,24-/m1/s1. The minimum Gasteiger partial charge on any atom is -0.386 e. The Bertz CT molecular complexity index is 901. The van der Waals surface area contributed by atoms with Crippen molar-refractivity contribution in [2.24, 2.45) is 0 Å². The number of hydrogen-bond donors (Lipinski definition) is 4. The van der Waals surface area contributed by atoms with Gasteiger partial charge in [-0.05, 0) is 44.4 Å². The zero-order chi connectivity index (χ0) is 22.7. The zero-order valence-corrected chi connectivity index (χ0v) is 17.8. The van der Waals surface area contributed by atoms with E-state index in [1.807, 2.05) is 26.0 Å². The van der Waals surface area contributed by atoms with Crippen molar-refractivity contribution in [3.8, 4) is 0 Å². The molecule has 1 unspecified atom stereocenters. The van der Waals surface area contributed by atoms with Crippen LogP contribution in [0, 0.1) is 13.8 Å². The van der Waals surface area contributed by atoms with Crippen molar-refractivity contribution in [1.82, 2.24) is 0 Å². The Hall–Kier alpha value is -2.38. The third-order valence-corrected chi connectivity index (χ3v) is 5.55. The molecule has 0 spiro atoms. The molecular weight excluding hydrogens is 384 g/mol. The molecule has 4 atom stereocenters. The summed E-state index contributed by atoms with van der Waals surface area (Å²) < 4.78 is 0. The Morgan fingerprint density at radius 2 is 1.53 bits per heavy atom. The number of rotatable bonds is 9. The fourth-order valence-electron chi connectivity index (χ4n) is 3.50. The van der Waals surface area contributed by atoms with Crippen LogP contribution in [0.4, 0.5) is 0 Å².